The van der Waals surface area contributed by atoms with E-state index in [1.165, 1.54) is 11.3 Å². The number of nitrogens with one attached hydrogen (secondary N) is 1. The van der Waals surface area contributed by atoms with Crippen LogP contribution in [0.25, 0.3) is 0 Å². The van der Waals surface area contributed by atoms with Gasteiger partial charge in [0.1, 0.15) is 0 Å². The highest BCUT2D eigenvalue weighted by molar-refractivity contribution is 5.44. The molecule has 0 aromatic heterocycles. The van der Waals surface area contributed by atoms with Crippen molar-refractivity contribution in [3.05, 3.63) is 29.8 Å². The summed E-state index contributed by atoms with van der Waals surface area (Å²) < 4.78 is 0. The predicted octanol–water partition coefficient (Wildman–Crippen LogP) is 2.96. The van der Waals surface area contributed by atoms with Crippen molar-refractivity contribution in [2.24, 2.45) is 0 Å². The predicted molar refractivity (Wildman–Crippen MR) is 67.2 cm³/mol. The monoisotopic (exact) mass is 206 g/mol. The van der Waals surface area contributed by atoms with Crippen LogP contribution in [0.2, 0.25) is 0 Å². The maximum Gasteiger partial charge on any atom is 0.0340 e. The van der Waals surface area contributed by atoms with E-state index >= 15 is 0 Å². The third-order valence-corrected chi connectivity index (χ3v) is 2.78. The summed E-state index contributed by atoms with van der Waals surface area (Å²) in [5.41, 5.74) is 2.74. The molecule has 15 heavy (non-hydrogen) atoms. The Labute approximate surface area is 93.3 Å². The average molecular weight is 206 g/mol. The molecule has 0 radical (unpaired) electrons. The smallest absolute Gasteiger partial charge is 0.0340 e. The van der Waals surface area contributed by atoms with Gasteiger partial charge in [0.25, 0.3) is 0 Å². The first kappa shape index (κ1) is 12.1. The van der Waals surface area contributed by atoms with Gasteiger partial charge in [-0.1, -0.05) is 12.1 Å². The summed E-state index contributed by atoms with van der Waals surface area (Å²) in [6.45, 7) is 7.68. The lowest BCUT2D eigenvalue weighted by molar-refractivity contribution is 0.167. The molecule has 0 aliphatic heterocycles. The van der Waals surface area contributed by atoms with Gasteiger partial charge in [-0.2, -0.15) is 0 Å². The van der Waals surface area contributed by atoms with Gasteiger partial charge in [-0.25, -0.2) is 0 Å². The minimum absolute atomic E-state index is 0.218. The Morgan fingerprint density at radius 2 is 1.93 bits per heavy atom. The molecule has 1 N–H and O–H groups in total. The minimum atomic E-state index is 0.218. The molecule has 2 heteroatoms. The summed E-state index contributed by atoms with van der Waals surface area (Å²) in [5, 5.41) is 3.16. The topological polar surface area (TPSA) is 15.3 Å². The molecular formula is C13H22N2. The first-order valence-electron chi connectivity index (χ1n) is 5.41. The Morgan fingerprint density at radius 1 is 1.27 bits per heavy atom. The maximum atomic E-state index is 3.16. The molecule has 0 saturated heterocycles. The molecule has 0 aliphatic rings. The van der Waals surface area contributed by atoms with Gasteiger partial charge in [0.2, 0.25) is 0 Å². The van der Waals surface area contributed by atoms with Crippen LogP contribution >= 0.6 is 0 Å². The van der Waals surface area contributed by atoms with Crippen molar-refractivity contribution >= 4 is 5.69 Å². The van der Waals surface area contributed by atoms with Crippen LogP contribution in [0.4, 0.5) is 5.69 Å². The maximum absolute atomic E-state index is 3.16. The van der Waals surface area contributed by atoms with Crippen LogP contribution < -0.4 is 5.32 Å². The fourth-order valence-electron chi connectivity index (χ4n) is 1.34. The van der Waals surface area contributed by atoms with Crippen molar-refractivity contribution in [2.45, 2.75) is 32.9 Å². The molecule has 0 amide bonds. The van der Waals surface area contributed by atoms with Crippen molar-refractivity contribution in [1.82, 2.24) is 4.90 Å². The van der Waals surface area contributed by atoms with Gasteiger partial charge in [-0.15, -0.1) is 0 Å². The number of anilines is 1. The Morgan fingerprint density at radius 3 is 2.47 bits per heavy atom. The summed E-state index contributed by atoms with van der Waals surface area (Å²) in [6.07, 6.45) is 0. The summed E-state index contributed by atoms with van der Waals surface area (Å²) in [7, 11) is 4.11. The van der Waals surface area contributed by atoms with Gasteiger partial charge in [-0.3, -0.25) is 4.90 Å². The second-order valence-electron chi connectivity index (χ2n) is 4.98. The highest BCUT2D eigenvalue weighted by Crippen LogP contribution is 2.16. The van der Waals surface area contributed by atoms with Gasteiger partial charge in [-0.05, 0) is 45.5 Å². The van der Waals surface area contributed by atoms with E-state index in [2.05, 4.69) is 62.3 Å². The Balaban J connectivity index is 2.72. The van der Waals surface area contributed by atoms with Crippen molar-refractivity contribution < 1.29 is 0 Å². The molecule has 1 aromatic rings. The van der Waals surface area contributed by atoms with Crippen LogP contribution in [0.1, 0.15) is 26.3 Å². The lowest BCUT2D eigenvalue weighted by atomic mass is 10.1. The Bertz CT molecular complexity index is 313. The van der Waals surface area contributed by atoms with Gasteiger partial charge >= 0.3 is 0 Å². The summed E-state index contributed by atoms with van der Waals surface area (Å²) in [4.78, 5) is 2.35. The van der Waals surface area contributed by atoms with E-state index in [1.54, 1.807) is 0 Å². The number of benzene rings is 1. The molecule has 0 aliphatic carbocycles. The molecule has 0 saturated carbocycles. The Hall–Kier alpha value is -1.02. The molecule has 1 aromatic carbocycles. The molecule has 1 rings (SSSR count). The SMILES string of the molecule is CNc1cccc(CN(C)C(C)(C)C)c1. The summed E-state index contributed by atoms with van der Waals surface area (Å²) in [5.74, 6) is 0. The Kier molecular flexibility index (Phi) is 3.75. The van der Waals surface area contributed by atoms with Crippen molar-refractivity contribution in [2.75, 3.05) is 19.4 Å². The second-order valence-corrected chi connectivity index (χ2v) is 4.98. The summed E-state index contributed by atoms with van der Waals surface area (Å²) in [6, 6.07) is 8.55. The molecular weight excluding hydrogens is 184 g/mol. The minimum Gasteiger partial charge on any atom is -0.388 e. The fraction of sp³-hybridized carbons (Fsp3) is 0.538. The van der Waals surface area contributed by atoms with E-state index in [4.69, 9.17) is 0 Å². The zero-order chi connectivity index (χ0) is 11.5. The van der Waals surface area contributed by atoms with Crippen molar-refractivity contribution in [3.63, 3.8) is 0 Å². The molecule has 84 valence electrons. The molecule has 0 fully saturated rings. The largest absolute Gasteiger partial charge is 0.388 e. The van der Waals surface area contributed by atoms with Crippen LogP contribution in [-0.2, 0) is 6.54 Å². The molecule has 0 spiro atoms. The van der Waals surface area contributed by atoms with Crippen LogP contribution in [0.3, 0.4) is 0 Å². The zero-order valence-corrected chi connectivity index (χ0v) is 10.5. The van der Waals surface area contributed by atoms with Gasteiger partial charge in [0.15, 0.2) is 0 Å². The molecule has 0 bridgehead atoms. The molecule has 0 atom stereocenters. The summed E-state index contributed by atoms with van der Waals surface area (Å²) >= 11 is 0. The van der Waals surface area contributed by atoms with Crippen LogP contribution in [0, 0.1) is 0 Å². The third-order valence-electron chi connectivity index (χ3n) is 2.78. The fourth-order valence-corrected chi connectivity index (χ4v) is 1.34. The second kappa shape index (κ2) is 4.67. The first-order chi connectivity index (χ1) is 6.93. The van der Waals surface area contributed by atoms with Gasteiger partial charge in [0.05, 0.1) is 0 Å². The van der Waals surface area contributed by atoms with Crippen LogP contribution in [0.5, 0.6) is 0 Å². The van der Waals surface area contributed by atoms with Crippen molar-refractivity contribution in [3.8, 4) is 0 Å². The highest BCUT2D eigenvalue weighted by Gasteiger charge is 2.16. The molecule has 0 heterocycles. The highest BCUT2D eigenvalue weighted by atomic mass is 15.1. The first-order valence-corrected chi connectivity index (χ1v) is 5.41. The van der Waals surface area contributed by atoms with Gasteiger partial charge in [0, 0.05) is 24.8 Å². The number of hydrogen-bond acceptors (Lipinski definition) is 2. The van der Waals surface area contributed by atoms with Gasteiger partial charge < -0.3 is 5.32 Å². The third kappa shape index (κ3) is 3.56. The quantitative estimate of drug-likeness (QED) is 0.818. The van der Waals surface area contributed by atoms with Crippen molar-refractivity contribution in [1.29, 1.82) is 0 Å². The van der Waals surface area contributed by atoms with E-state index in [0.717, 1.165) is 6.54 Å². The van der Waals surface area contributed by atoms with E-state index in [9.17, 15) is 0 Å². The lowest BCUT2D eigenvalue weighted by Crippen LogP contribution is -2.37. The average Bonchev–Trinajstić information content (AvgIpc) is 2.16. The van der Waals surface area contributed by atoms with E-state index < -0.39 is 0 Å². The standard InChI is InChI=1S/C13H22N2/c1-13(2,3)15(5)10-11-7-6-8-12(9-11)14-4/h6-9,14H,10H2,1-5H3. The molecule has 0 unspecified atom stereocenters. The van der Waals surface area contributed by atoms with Crippen LogP contribution in [0.15, 0.2) is 24.3 Å². The molecule has 2 nitrogen and oxygen atoms in total. The van der Waals surface area contributed by atoms with E-state index in [1.807, 2.05) is 7.05 Å². The van der Waals surface area contributed by atoms with E-state index in [0.29, 0.717) is 0 Å². The number of rotatable bonds is 3. The normalized spacial score (nSPS) is 11.9. The number of hydrogen-bond donors (Lipinski definition) is 1. The lowest BCUT2D eigenvalue weighted by Gasteiger charge is -2.32. The van der Waals surface area contributed by atoms with Crippen LogP contribution in [-0.4, -0.2) is 24.5 Å². The van der Waals surface area contributed by atoms with E-state index in [-0.39, 0.29) is 5.54 Å². The number of nitrogens with zero attached hydrogens (tertiary/aromatic N) is 1. The zero-order valence-electron chi connectivity index (χ0n) is 10.5.